The number of rotatable bonds is 4. The highest BCUT2D eigenvalue weighted by molar-refractivity contribution is 5.75. The highest BCUT2D eigenvalue weighted by atomic mass is 16.5. The van der Waals surface area contributed by atoms with E-state index in [1.165, 1.54) is 0 Å². The number of hydrogen-bond acceptors (Lipinski definition) is 4. The van der Waals surface area contributed by atoms with Crippen molar-refractivity contribution in [1.82, 2.24) is 0 Å². The van der Waals surface area contributed by atoms with Crippen LogP contribution in [0.25, 0.3) is 0 Å². The summed E-state index contributed by atoms with van der Waals surface area (Å²) in [5.41, 5.74) is 10.5. The molecule has 0 aromatic heterocycles. The second-order valence-corrected chi connectivity index (χ2v) is 1.94. The maximum absolute atomic E-state index is 10.7. The number of nitrogens with two attached hydrogens (primary N) is 2. The Labute approximate surface area is 60.5 Å². The van der Waals surface area contributed by atoms with Gasteiger partial charge in [-0.2, -0.15) is 0 Å². The summed E-state index contributed by atoms with van der Waals surface area (Å²) in [5, 5.41) is 0. The second kappa shape index (κ2) is 5.20. The van der Waals surface area contributed by atoms with E-state index in [1.807, 2.05) is 0 Å². The molecule has 0 heterocycles. The molecule has 0 saturated carbocycles. The summed E-state index contributed by atoms with van der Waals surface area (Å²) in [6.07, 6.45) is 0.485. The van der Waals surface area contributed by atoms with Crippen LogP contribution in [-0.4, -0.2) is 25.2 Å². The number of hydrogen-bond donors (Lipinski definition) is 2. The Kier molecular flexibility index (Phi) is 4.88. The van der Waals surface area contributed by atoms with Crippen molar-refractivity contribution in [3.63, 3.8) is 0 Å². The Morgan fingerprint density at radius 1 is 1.70 bits per heavy atom. The van der Waals surface area contributed by atoms with Gasteiger partial charge >= 0.3 is 5.97 Å². The standard InChI is InChI=1S/C6H14N2O2/c1-2-10-6(9)5(8)3-4-7/h5H,2-4,7-8H2,1H3/t5-/m0/s1. The maximum atomic E-state index is 10.7. The summed E-state index contributed by atoms with van der Waals surface area (Å²) in [4.78, 5) is 10.7. The molecule has 0 spiro atoms. The minimum absolute atomic E-state index is 0.368. The highest BCUT2D eigenvalue weighted by Crippen LogP contribution is 1.89. The van der Waals surface area contributed by atoms with Gasteiger partial charge in [0.1, 0.15) is 6.04 Å². The summed E-state index contributed by atoms with van der Waals surface area (Å²) in [6.45, 7) is 2.53. The largest absolute Gasteiger partial charge is 0.465 e. The van der Waals surface area contributed by atoms with Gasteiger partial charge in [-0.05, 0) is 19.9 Å². The zero-order valence-corrected chi connectivity index (χ0v) is 6.17. The molecule has 0 radical (unpaired) electrons. The van der Waals surface area contributed by atoms with E-state index in [0.29, 0.717) is 19.6 Å². The lowest BCUT2D eigenvalue weighted by molar-refractivity contribution is -0.144. The van der Waals surface area contributed by atoms with Crippen molar-refractivity contribution in [3.8, 4) is 0 Å². The van der Waals surface area contributed by atoms with E-state index < -0.39 is 6.04 Å². The molecule has 4 N–H and O–H groups in total. The van der Waals surface area contributed by atoms with E-state index in [0.717, 1.165) is 0 Å². The van der Waals surface area contributed by atoms with Crippen molar-refractivity contribution in [3.05, 3.63) is 0 Å². The van der Waals surface area contributed by atoms with Crippen molar-refractivity contribution in [2.75, 3.05) is 13.2 Å². The molecule has 0 unspecified atom stereocenters. The molecule has 0 aliphatic carbocycles. The van der Waals surface area contributed by atoms with Crippen LogP contribution in [0.3, 0.4) is 0 Å². The molecule has 1 atom stereocenters. The molecule has 0 aliphatic heterocycles. The van der Waals surface area contributed by atoms with E-state index in [9.17, 15) is 4.79 Å². The fraction of sp³-hybridized carbons (Fsp3) is 0.833. The molecule has 4 heteroatoms. The van der Waals surface area contributed by atoms with E-state index in [2.05, 4.69) is 4.74 Å². The van der Waals surface area contributed by atoms with Crippen LogP contribution < -0.4 is 11.5 Å². The van der Waals surface area contributed by atoms with Crippen molar-refractivity contribution in [2.24, 2.45) is 11.5 Å². The van der Waals surface area contributed by atoms with Gasteiger partial charge in [0, 0.05) is 0 Å². The van der Waals surface area contributed by atoms with Gasteiger partial charge in [0.15, 0.2) is 0 Å². The number of ether oxygens (including phenoxy) is 1. The van der Waals surface area contributed by atoms with E-state index in [1.54, 1.807) is 6.92 Å². The van der Waals surface area contributed by atoms with Crippen LogP contribution in [0.4, 0.5) is 0 Å². The highest BCUT2D eigenvalue weighted by Gasteiger charge is 2.11. The third-order valence-electron chi connectivity index (χ3n) is 1.07. The van der Waals surface area contributed by atoms with Crippen LogP contribution in [0.5, 0.6) is 0 Å². The Bertz CT molecular complexity index is 106. The van der Waals surface area contributed by atoms with Gasteiger partial charge in [0.2, 0.25) is 0 Å². The minimum atomic E-state index is -0.551. The lowest BCUT2D eigenvalue weighted by atomic mass is 10.2. The molecule has 0 amide bonds. The topological polar surface area (TPSA) is 78.3 Å². The molecule has 0 rings (SSSR count). The maximum Gasteiger partial charge on any atom is 0.322 e. The first-order chi connectivity index (χ1) is 4.72. The molecule has 0 fully saturated rings. The molecule has 0 saturated heterocycles. The van der Waals surface area contributed by atoms with Gasteiger partial charge in [-0.15, -0.1) is 0 Å². The van der Waals surface area contributed by atoms with Gasteiger partial charge in [-0.25, -0.2) is 0 Å². The van der Waals surface area contributed by atoms with Gasteiger partial charge in [-0.3, -0.25) is 4.79 Å². The average molecular weight is 146 g/mol. The van der Waals surface area contributed by atoms with E-state index in [-0.39, 0.29) is 5.97 Å². The Balaban J connectivity index is 3.49. The third-order valence-corrected chi connectivity index (χ3v) is 1.07. The predicted molar refractivity (Wildman–Crippen MR) is 38.3 cm³/mol. The van der Waals surface area contributed by atoms with E-state index in [4.69, 9.17) is 11.5 Å². The molecule has 0 aromatic rings. The zero-order valence-electron chi connectivity index (χ0n) is 6.17. The number of carbonyl (C=O) groups excluding carboxylic acids is 1. The van der Waals surface area contributed by atoms with Crippen LogP contribution in [0.2, 0.25) is 0 Å². The zero-order chi connectivity index (χ0) is 7.98. The molecule has 10 heavy (non-hydrogen) atoms. The molecule has 60 valence electrons. The van der Waals surface area contributed by atoms with Gasteiger partial charge in [-0.1, -0.05) is 0 Å². The Morgan fingerprint density at radius 3 is 2.70 bits per heavy atom. The summed E-state index contributed by atoms with van der Waals surface area (Å²) in [7, 11) is 0. The summed E-state index contributed by atoms with van der Waals surface area (Å²) >= 11 is 0. The van der Waals surface area contributed by atoms with Gasteiger partial charge in [0.05, 0.1) is 6.61 Å². The normalized spacial score (nSPS) is 12.7. The number of esters is 1. The van der Waals surface area contributed by atoms with Crippen molar-refractivity contribution < 1.29 is 9.53 Å². The first-order valence-corrected chi connectivity index (χ1v) is 3.34. The first kappa shape index (κ1) is 9.39. The minimum Gasteiger partial charge on any atom is -0.465 e. The average Bonchev–Trinajstić information content (AvgIpc) is 1.89. The van der Waals surface area contributed by atoms with E-state index >= 15 is 0 Å². The number of carbonyl (C=O) groups is 1. The fourth-order valence-corrected chi connectivity index (χ4v) is 0.547. The second-order valence-electron chi connectivity index (χ2n) is 1.94. The quantitative estimate of drug-likeness (QED) is 0.510. The fourth-order valence-electron chi connectivity index (χ4n) is 0.547. The van der Waals surface area contributed by atoms with Crippen molar-refractivity contribution in [2.45, 2.75) is 19.4 Å². The Morgan fingerprint density at radius 2 is 2.30 bits per heavy atom. The van der Waals surface area contributed by atoms with Crippen LogP contribution in [0, 0.1) is 0 Å². The van der Waals surface area contributed by atoms with Gasteiger partial charge in [0.25, 0.3) is 0 Å². The van der Waals surface area contributed by atoms with Gasteiger partial charge < -0.3 is 16.2 Å². The lowest BCUT2D eigenvalue weighted by Crippen LogP contribution is -2.34. The smallest absolute Gasteiger partial charge is 0.322 e. The third kappa shape index (κ3) is 3.42. The molecular formula is C6H14N2O2. The van der Waals surface area contributed by atoms with Crippen LogP contribution in [-0.2, 0) is 9.53 Å². The van der Waals surface area contributed by atoms with Crippen molar-refractivity contribution in [1.29, 1.82) is 0 Å². The molecule has 0 aromatic carbocycles. The van der Waals surface area contributed by atoms with Crippen molar-refractivity contribution >= 4 is 5.97 Å². The lowest BCUT2D eigenvalue weighted by Gasteiger charge is -2.07. The van der Waals surface area contributed by atoms with Crippen LogP contribution in [0.15, 0.2) is 0 Å². The predicted octanol–water partition coefficient (Wildman–Crippen LogP) is -0.774. The Hall–Kier alpha value is -0.610. The summed E-state index contributed by atoms with van der Waals surface area (Å²) < 4.78 is 4.64. The monoisotopic (exact) mass is 146 g/mol. The molecule has 0 aliphatic rings. The first-order valence-electron chi connectivity index (χ1n) is 3.34. The summed E-state index contributed by atoms with van der Waals surface area (Å²) in [6, 6.07) is -0.551. The molecule has 0 bridgehead atoms. The molecular weight excluding hydrogens is 132 g/mol. The molecule has 4 nitrogen and oxygen atoms in total. The SMILES string of the molecule is CCOC(=O)[C@@H](N)CCN. The van der Waals surface area contributed by atoms with Crippen LogP contribution >= 0.6 is 0 Å². The summed E-state index contributed by atoms with van der Waals surface area (Å²) in [5.74, 6) is -0.368. The van der Waals surface area contributed by atoms with Crippen LogP contribution in [0.1, 0.15) is 13.3 Å².